The fourth-order valence-corrected chi connectivity index (χ4v) is 3.35. The standard InChI is InChI=1S/C19H27N7O2.HI/c1-2-21-19(26-11-5-6-14(13-26)12-16(20)27)23-10-8-17-24-18(28-25-17)15-7-3-4-9-22-15;/h3-4,7,9,14H,2,5-6,8,10-13H2,1H3,(H2,20,27)(H,21,23);1H. The van der Waals surface area contributed by atoms with Crippen molar-refractivity contribution >= 4 is 35.8 Å². The Labute approximate surface area is 187 Å². The Morgan fingerprint density at radius 1 is 1.45 bits per heavy atom. The minimum absolute atomic E-state index is 0. The fourth-order valence-electron chi connectivity index (χ4n) is 3.35. The lowest BCUT2D eigenvalue weighted by atomic mass is 9.95. The summed E-state index contributed by atoms with van der Waals surface area (Å²) >= 11 is 0. The molecule has 1 aliphatic heterocycles. The zero-order valence-electron chi connectivity index (χ0n) is 16.6. The molecule has 0 aliphatic carbocycles. The summed E-state index contributed by atoms with van der Waals surface area (Å²) in [6, 6.07) is 5.55. The van der Waals surface area contributed by atoms with E-state index < -0.39 is 0 Å². The number of primary amides is 1. The van der Waals surface area contributed by atoms with Crippen molar-refractivity contribution in [2.45, 2.75) is 32.6 Å². The molecule has 1 saturated heterocycles. The van der Waals surface area contributed by atoms with Crippen LogP contribution in [0.3, 0.4) is 0 Å². The molecule has 0 aromatic carbocycles. The molecule has 3 heterocycles. The number of carbonyl (C=O) groups is 1. The second-order valence-corrected chi connectivity index (χ2v) is 6.84. The minimum Gasteiger partial charge on any atom is -0.370 e. The second-order valence-electron chi connectivity index (χ2n) is 6.84. The summed E-state index contributed by atoms with van der Waals surface area (Å²) in [5.41, 5.74) is 6.02. The summed E-state index contributed by atoms with van der Waals surface area (Å²) in [4.78, 5) is 26.7. The van der Waals surface area contributed by atoms with Gasteiger partial charge in [-0.2, -0.15) is 4.98 Å². The zero-order chi connectivity index (χ0) is 19.8. The number of halogens is 1. The van der Waals surface area contributed by atoms with Gasteiger partial charge < -0.3 is 20.5 Å². The number of nitrogens with one attached hydrogen (secondary N) is 1. The smallest absolute Gasteiger partial charge is 0.276 e. The normalized spacial score (nSPS) is 16.9. The Morgan fingerprint density at radius 3 is 3.03 bits per heavy atom. The third kappa shape index (κ3) is 6.94. The summed E-state index contributed by atoms with van der Waals surface area (Å²) in [6.07, 6.45) is 4.74. The first-order chi connectivity index (χ1) is 13.7. The Hall–Kier alpha value is -2.24. The van der Waals surface area contributed by atoms with Gasteiger partial charge in [0.1, 0.15) is 5.69 Å². The number of pyridine rings is 1. The maximum absolute atomic E-state index is 11.2. The number of piperidine rings is 1. The molecular weight excluding hydrogens is 485 g/mol. The monoisotopic (exact) mass is 513 g/mol. The average Bonchev–Trinajstić information content (AvgIpc) is 3.17. The van der Waals surface area contributed by atoms with E-state index in [1.54, 1.807) is 6.20 Å². The van der Waals surface area contributed by atoms with E-state index in [-0.39, 0.29) is 35.8 Å². The molecule has 9 nitrogen and oxygen atoms in total. The van der Waals surface area contributed by atoms with Crippen molar-refractivity contribution < 1.29 is 9.32 Å². The van der Waals surface area contributed by atoms with Crippen LogP contribution >= 0.6 is 24.0 Å². The highest BCUT2D eigenvalue weighted by Gasteiger charge is 2.23. The molecule has 1 aliphatic rings. The van der Waals surface area contributed by atoms with Crippen LogP contribution in [0.15, 0.2) is 33.9 Å². The Morgan fingerprint density at radius 2 is 2.31 bits per heavy atom. The number of guanidine groups is 1. The number of nitrogens with zero attached hydrogens (tertiary/aromatic N) is 5. The van der Waals surface area contributed by atoms with Crippen molar-refractivity contribution in [3.8, 4) is 11.6 Å². The van der Waals surface area contributed by atoms with E-state index in [2.05, 4.69) is 25.3 Å². The van der Waals surface area contributed by atoms with Crippen molar-refractivity contribution in [3.63, 3.8) is 0 Å². The van der Waals surface area contributed by atoms with Crippen LogP contribution in [-0.4, -0.2) is 58.1 Å². The summed E-state index contributed by atoms with van der Waals surface area (Å²) in [5.74, 6) is 1.91. The van der Waals surface area contributed by atoms with Crippen LogP contribution in [0.4, 0.5) is 0 Å². The Balaban J connectivity index is 0.00000300. The highest BCUT2D eigenvalue weighted by Crippen LogP contribution is 2.19. The molecule has 1 amide bonds. The van der Waals surface area contributed by atoms with Gasteiger partial charge in [0, 0.05) is 45.2 Å². The summed E-state index contributed by atoms with van der Waals surface area (Å²) in [7, 11) is 0. The topological polar surface area (TPSA) is 123 Å². The number of hydrogen-bond acceptors (Lipinski definition) is 6. The fraction of sp³-hybridized carbons (Fsp3) is 0.526. The van der Waals surface area contributed by atoms with Crippen molar-refractivity contribution in [3.05, 3.63) is 30.2 Å². The minimum atomic E-state index is -0.241. The molecule has 2 aromatic rings. The van der Waals surface area contributed by atoms with Crippen LogP contribution in [0.5, 0.6) is 0 Å². The number of aromatic nitrogens is 3. The molecule has 0 spiro atoms. The lowest BCUT2D eigenvalue weighted by molar-refractivity contribution is -0.119. The number of rotatable bonds is 7. The van der Waals surface area contributed by atoms with Crippen molar-refractivity contribution in [1.82, 2.24) is 25.3 Å². The van der Waals surface area contributed by atoms with E-state index in [9.17, 15) is 4.79 Å². The number of hydrogen-bond donors (Lipinski definition) is 2. The van der Waals surface area contributed by atoms with E-state index in [1.165, 1.54) is 0 Å². The third-order valence-corrected chi connectivity index (χ3v) is 4.59. The summed E-state index contributed by atoms with van der Waals surface area (Å²) in [6.45, 7) is 5.08. The van der Waals surface area contributed by atoms with Crippen LogP contribution < -0.4 is 11.1 Å². The maximum Gasteiger partial charge on any atom is 0.276 e. The molecular formula is C19H28IN7O2. The molecule has 0 bridgehead atoms. The van der Waals surface area contributed by atoms with Crippen LogP contribution in [0.25, 0.3) is 11.6 Å². The lowest BCUT2D eigenvalue weighted by Gasteiger charge is -2.34. The molecule has 1 unspecified atom stereocenters. The molecule has 1 atom stereocenters. The quantitative estimate of drug-likeness (QED) is 0.329. The highest BCUT2D eigenvalue weighted by molar-refractivity contribution is 14.0. The van der Waals surface area contributed by atoms with Gasteiger partial charge in [-0.05, 0) is 37.8 Å². The molecule has 3 rings (SSSR count). The summed E-state index contributed by atoms with van der Waals surface area (Å²) in [5, 5.41) is 7.34. The van der Waals surface area contributed by atoms with Crippen molar-refractivity contribution in [1.29, 1.82) is 0 Å². The molecule has 3 N–H and O–H groups in total. The van der Waals surface area contributed by atoms with Gasteiger partial charge in [0.25, 0.3) is 5.89 Å². The Kier molecular flexibility index (Phi) is 9.29. The number of aliphatic imine (C=N–C) groups is 1. The molecule has 158 valence electrons. The summed E-state index contributed by atoms with van der Waals surface area (Å²) < 4.78 is 5.28. The first-order valence-corrected chi connectivity index (χ1v) is 9.71. The molecule has 29 heavy (non-hydrogen) atoms. The van der Waals surface area contributed by atoms with Gasteiger partial charge in [0.2, 0.25) is 5.91 Å². The van der Waals surface area contributed by atoms with E-state index in [1.807, 2.05) is 25.1 Å². The number of nitrogens with two attached hydrogens (primary N) is 1. The molecule has 0 saturated carbocycles. The molecule has 1 fully saturated rings. The van der Waals surface area contributed by atoms with E-state index in [0.29, 0.717) is 36.8 Å². The van der Waals surface area contributed by atoms with Gasteiger partial charge in [-0.1, -0.05) is 11.2 Å². The predicted octanol–water partition coefficient (Wildman–Crippen LogP) is 1.84. The first-order valence-electron chi connectivity index (χ1n) is 9.71. The van der Waals surface area contributed by atoms with Crippen LogP contribution in [0.1, 0.15) is 32.0 Å². The number of amides is 1. The van der Waals surface area contributed by atoms with E-state index in [0.717, 1.165) is 38.4 Å². The molecule has 10 heteroatoms. The molecule has 0 radical (unpaired) electrons. The lowest BCUT2D eigenvalue weighted by Crippen LogP contribution is -2.47. The Bertz CT molecular complexity index is 797. The first kappa shape index (κ1) is 23.0. The highest BCUT2D eigenvalue weighted by atomic mass is 127. The van der Waals surface area contributed by atoms with Gasteiger partial charge in [-0.25, -0.2) is 0 Å². The molecule has 2 aromatic heterocycles. The van der Waals surface area contributed by atoms with Gasteiger partial charge >= 0.3 is 0 Å². The van der Waals surface area contributed by atoms with Gasteiger partial charge in [-0.15, -0.1) is 24.0 Å². The number of likely N-dealkylation sites (tertiary alicyclic amines) is 1. The van der Waals surface area contributed by atoms with Gasteiger partial charge in [0.15, 0.2) is 11.8 Å². The van der Waals surface area contributed by atoms with Crippen LogP contribution in [0, 0.1) is 5.92 Å². The second kappa shape index (κ2) is 11.7. The van der Waals surface area contributed by atoms with Crippen molar-refractivity contribution in [2.75, 3.05) is 26.2 Å². The number of carbonyl (C=O) groups excluding carboxylic acids is 1. The SMILES string of the molecule is CCNC(=NCCc1noc(-c2ccccn2)n1)N1CCCC(CC(N)=O)C1.I. The van der Waals surface area contributed by atoms with Gasteiger partial charge in [-0.3, -0.25) is 14.8 Å². The predicted molar refractivity (Wildman–Crippen MR) is 121 cm³/mol. The van der Waals surface area contributed by atoms with Gasteiger partial charge in [0.05, 0.1) is 0 Å². The third-order valence-electron chi connectivity index (χ3n) is 4.59. The largest absolute Gasteiger partial charge is 0.370 e. The zero-order valence-corrected chi connectivity index (χ0v) is 18.9. The van der Waals surface area contributed by atoms with E-state index >= 15 is 0 Å². The van der Waals surface area contributed by atoms with Crippen molar-refractivity contribution in [2.24, 2.45) is 16.6 Å². The van der Waals surface area contributed by atoms with Crippen LogP contribution in [-0.2, 0) is 11.2 Å². The maximum atomic E-state index is 11.2. The van der Waals surface area contributed by atoms with Crippen LogP contribution in [0.2, 0.25) is 0 Å². The van der Waals surface area contributed by atoms with E-state index in [4.69, 9.17) is 15.2 Å². The average molecular weight is 513 g/mol.